The lowest BCUT2D eigenvalue weighted by molar-refractivity contribution is -0.123. The second kappa shape index (κ2) is 11.1. The molecule has 2 amide bonds. The van der Waals surface area contributed by atoms with E-state index in [0.717, 1.165) is 28.5 Å². The number of aryl methyl sites for hydroxylation is 1. The maximum Gasteiger partial charge on any atom is 0.293 e. The van der Waals surface area contributed by atoms with Crippen LogP contribution in [0.15, 0.2) is 70.0 Å². The van der Waals surface area contributed by atoms with Crippen LogP contribution in [0.5, 0.6) is 11.5 Å². The van der Waals surface area contributed by atoms with Gasteiger partial charge in [-0.1, -0.05) is 42.0 Å². The maximum absolute atomic E-state index is 13.2. The lowest BCUT2D eigenvalue weighted by atomic mass is 10.1. The van der Waals surface area contributed by atoms with Crippen LogP contribution in [-0.2, 0) is 17.9 Å². The third kappa shape index (κ3) is 6.13. The highest BCUT2D eigenvalue weighted by Crippen LogP contribution is 2.40. The Bertz CT molecular complexity index is 1280. The van der Waals surface area contributed by atoms with E-state index in [9.17, 15) is 14.0 Å². The van der Waals surface area contributed by atoms with E-state index in [2.05, 4.69) is 15.9 Å². The van der Waals surface area contributed by atoms with Crippen molar-refractivity contribution in [2.45, 2.75) is 27.0 Å². The zero-order valence-electron chi connectivity index (χ0n) is 19.2. The first-order valence-corrected chi connectivity index (χ1v) is 12.6. The van der Waals surface area contributed by atoms with E-state index >= 15 is 0 Å². The monoisotopic (exact) mass is 555 g/mol. The van der Waals surface area contributed by atoms with Gasteiger partial charge in [0.25, 0.3) is 11.1 Å². The molecule has 1 fully saturated rings. The summed E-state index contributed by atoms with van der Waals surface area (Å²) >= 11 is 4.45. The SMILES string of the molecule is CCOc1cc(/C=C2\SC(=O)N(Cc3ccc(C)cc3)C2=O)cc(Br)c1OCc1ccc(F)cc1. The molecule has 1 aliphatic heterocycles. The smallest absolute Gasteiger partial charge is 0.293 e. The highest BCUT2D eigenvalue weighted by molar-refractivity contribution is 9.10. The minimum absolute atomic E-state index is 0.229. The summed E-state index contributed by atoms with van der Waals surface area (Å²) in [5.41, 5.74) is 3.51. The molecular weight excluding hydrogens is 533 g/mol. The van der Waals surface area contributed by atoms with Crippen molar-refractivity contribution in [3.63, 3.8) is 0 Å². The van der Waals surface area contributed by atoms with Crippen LogP contribution in [0.3, 0.4) is 0 Å². The number of halogens is 2. The van der Waals surface area contributed by atoms with Gasteiger partial charge in [-0.05, 0) is 88.6 Å². The Kier molecular flexibility index (Phi) is 7.93. The van der Waals surface area contributed by atoms with E-state index in [1.54, 1.807) is 30.3 Å². The molecule has 4 rings (SSSR count). The predicted molar refractivity (Wildman–Crippen MR) is 139 cm³/mol. The predicted octanol–water partition coefficient (Wildman–Crippen LogP) is 7.11. The summed E-state index contributed by atoms with van der Waals surface area (Å²) < 4.78 is 25.5. The molecule has 0 N–H and O–H groups in total. The van der Waals surface area contributed by atoms with Crippen LogP contribution in [0, 0.1) is 12.7 Å². The van der Waals surface area contributed by atoms with Crippen molar-refractivity contribution >= 4 is 44.9 Å². The summed E-state index contributed by atoms with van der Waals surface area (Å²) in [7, 11) is 0. The highest BCUT2D eigenvalue weighted by atomic mass is 79.9. The summed E-state index contributed by atoms with van der Waals surface area (Å²) in [4.78, 5) is 27.1. The average molecular weight is 556 g/mol. The largest absolute Gasteiger partial charge is 0.490 e. The molecule has 0 bridgehead atoms. The zero-order valence-corrected chi connectivity index (χ0v) is 21.6. The number of carbonyl (C=O) groups is 2. The van der Waals surface area contributed by atoms with Crippen molar-refractivity contribution in [1.29, 1.82) is 0 Å². The summed E-state index contributed by atoms with van der Waals surface area (Å²) in [6.45, 7) is 4.72. The summed E-state index contributed by atoms with van der Waals surface area (Å²) in [6, 6.07) is 17.4. The van der Waals surface area contributed by atoms with Crippen LogP contribution in [0.1, 0.15) is 29.2 Å². The molecule has 0 unspecified atom stereocenters. The van der Waals surface area contributed by atoms with E-state index in [4.69, 9.17) is 9.47 Å². The van der Waals surface area contributed by atoms with Gasteiger partial charge in [-0.15, -0.1) is 0 Å². The molecule has 35 heavy (non-hydrogen) atoms. The quantitative estimate of drug-likeness (QED) is 0.277. The number of rotatable bonds is 8. The van der Waals surface area contributed by atoms with Crippen molar-refractivity contribution in [1.82, 2.24) is 4.90 Å². The molecule has 1 saturated heterocycles. The number of carbonyl (C=O) groups excluding carboxylic acids is 2. The molecule has 3 aromatic rings. The molecule has 180 valence electrons. The van der Waals surface area contributed by atoms with Gasteiger partial charge in [0.15, 0.2) is 11.5 Å². The van der Waals surface area contributed by atoms with Crippen LogP contribution < -0.4 is 9.47 Å². The fraction of sp³-hybridized carbons (Fsp3) is 0.185. The third-order valence-electron chi connectivity index (χ3n) is 5.26. The molecule has 3 aromatic carbocycles. The average Bonchev–Trinajstić information content (AvgIpc) is 3.08. The molecule has 5 nitrogen and oxygen atoms in total. The normalized spacial score (nSPS) is 14.6. The van der Waals surface area contributed by atoms with E-state index in [-0.39, 0.29) is 30.1 Å². The van der Waals surface area contributed by atoms with Crippen LogP contribution >= 0.6 is 27.7 Å². The third-order valence-corrected chi connectivity index (χ3v) is 6.76. The van der Waals surface area contributed by atoms with Crippen molar-refractivity contribution in [3.05, 3.63) is 98.1 Å². The number of amides is 2. The number of nitrogens with zero attached hydrogens (tertiary/aromatic N) is 1. The Morgan fingerprint density at radius 1 is 1.00 bits per heavy atom. The first kappa shape index (κ1) is 25.0. The van der Waals surface area contributed by atoms with Gasteiger partial charge in [-0.25, -0.2) is 4.39 Å². The van der Waals surface area contributed by atoms with E-state index in [1.807, 2.05) is 38.1 Å². The minimum Gasteiger partial charge on any atom is -0.490 e. The van der Waals surface area contributed by atoms with E-state index < -0.39 is 0 Å². The number of benzene rings is 3. The fourth-order valence-electron chi connectivity index (χ4n) is 3.47. The summed E-state index contributed by atoms with van der Waals surface area (Å²) in [6.07, 6.45) is 1.68. The molecule has 0 spiro atoms. The summed E-state index contributed by atoms with van der Waals surface area (Å²) in [5.74, 6) is 0.360. The molecule has 0 aromatic heterocycles. The lowest BCUT2D eigenvalue weighted by Gasteiger charge is -2.15. The lowest BCUT2D eigenvalue weighted by Crippen LogP contribution is -2.27. The number of ether oxygens (including phenoxy) is 2. The first-order valence-electron chi connectivity index (χ1n) is 11.0. The van der Waals surface area contributed by atoms with Gasteiger partial charge in [0.05, 0.1) is 22.5 Å². The number of hydrogen-bond acceptors (Lipinski definition) is 5. The van der Waals surface area contributed by atoms with Gasteiger partial charge >= 0.3 is 0 Å². The van der Waals surface area contributed by atoms with Gasteiger partial charge < -0.3 is 9.47 Å². The van der Waals surface area contributed by atoms with E-state index in [0.29, 0.717) is 33.0 Å². The van der Waals surface area contributed by atoms with Crippen LogP contribution in [0.25, 0.3) is 6.08 Å². The van der Waals surface area contributed by atoms with Gasteiger partial charge in [0.2, 0.25) is 0 Å². The molecular formula is C27H23BrFNO4S. The van der Waals surface area contributed by atoms with Gasteiger partial charge in [-0.2, -0.15) is 0 Å². The molecule has 0 radical (unpaired) electrons. The highest BCUT2D eigenvalue weighted by Gasteiger charge is 2.35. The van der Waals surface area contributed by atoms with Gasteiger partial charge in [0, 0.05) is 0 Å². The zero-order chi connectivity index (χ0) is 24.9. The maximum atomic E-state index is 13.2. The van der Waals surface area contributed by atoms with E-state index in [1.165, 1.54) is 17.0 Å². The summed E-state index contributed by atoms with van der Waals surface area (Å²) in [5, 5.41) is -0.301. The standard InChI is InChI=1S/C27H23BrFNO4S/c1-3-33-23-13-20(12-22(28)25(23)34-16-19-8-10-21(29)11-9-19)14-24-26(31)30(27(32)35-24)15-18-6-4-17(2)5-7-18/h4-14H,3,15-16H2,1-2H3/b24-14-. The van der Waals surface area contributed by atoms with Crippen molar-refractivity contribution in [3.8, 4) is 11.5 Å². The Hall–Kier alpha value is -3.10. The van der Waals surface area contributed by atoms with Crippen molar-refractivity contribution < 1.29 is 23.5 Å². The fourth-order valence-corrected chi connectivity index (χ4v) is 4.89. The van der Waals surface area contributed by atoms with Gasteiger partial charge in [-0.3, -0.25) is 14.5 Å². The van der Waals surface area contributed by atoms with Gasteiger partial charge in [0.1, 0.15) is 12.4 Å². The number of thioether (sulfide) groups is 1. The Labute approximate surface area is 216 Å². The number of hydrogen-bond donors (Lipinski definition) is 0. The second-order valence-electron chi connectivity index (χ2n) is 7.93. The van der Waals surface area contributed by atoms with Crippen molar-refractivity contribution in [2.24, 2.45) is 0 Å². The Morgan fingerprint density at radius 2 is 1.69 bits per heavy atom. The molecule has 8 heteroatoms. The molecule has 1 heterocycles. The minimum atomic E-state index is -0.328. The van der Waals surface area contributed by atoms with Crippen LogP contribution in [-0.4, -0.2) is 22.7 Å². The Balaban J connectivity index is 1.54. The Morgan fingerprint density at radius 3 is 2.37 bits per heavy atom. The topological polar surface area (TPSA) is 55.8 Å². The molecule has 0 aliphatic carbocycles. The first-order chi connectivity index (χ1) is 16.8. The van der Waals surface area contributed by atoms with Crippen LogP contribution in [0.2, 0.25) is 0 Å². The van der Waals surface area contributed by atoms with Crippen LogP contribution in [0.4, 0.5) is 9.18 Å². The van der Waals surface area contributed by atoms with Crippen molar-refractivity contribution in [2.75, 3.05) is 6.61 Å². The molecule has 0 atom stereocenters. The number of imide groups is 1. The molecule has 0 saturated carbocycles. The molecule has 1 aliphatic rings. The second-order valence-corrected chi connectivity index (χ2v) is 9.78.